The molecule has 1 heterocycles. The van der Waals surface area contributed by atoms with E-state index in [0.717, 1.165) is 5.92 Å². The fourth-order valence-corrected chi connectivity index (χ4v) is 3.01. The fourth-order valence-electron chi connectivity index (χ4n) is 3.01. The van der Waals surface area contributed by atoms with Crippen LogP contribution in [0.4, 0.5) is 0 Å². The van der Waals surface area contributed by atoms with Crippen LogP contribution in [0, 0.1) is 5.92 Å². The molecule has 1 unspecified atom stereocenters. The summed E-state index contributed by atoms with van der Waals surface area (Å²) in [6.07, 6.45) is 8.74. The van der Waals surface area contributed by atoms with Crippen molar-refractivity contribution in [2.45, 2.75) is 25.2 Å². The summed E-state index contributed by atoms with van der Waals surface area (Å²) in [7, 11) is 0. The monoisotopic (exact) mass is 213 g/mol. The van der Waals surface area contributed by atoms with Crippen LogP contribution in [-0.4, -0.2) is 13.1 Å². The number of hydrogen-bond acceptors (Lipinski definition) is 1. The van der Waals surface area contributed by atoms with Gasteiger partial charge < -0.3 is 5.32 Å². The zero-order chi connectivity index (χ0) is 10.8. The Hall–Kier alpha value is -1.08. The normalized spacial score (nSPS) is 24.6. The molecule has 0 radical (unpaired) electrons. The molecule has 1 heteroatoms. The van der Waals surface area contributed by atoms with Gasteiger partial charge in [0.15, 0.2) is 0 Å². The highest BCUT2D eigenvalue weighted by molar-refractivity contribution is 5.62. The largest absolute Gasteiger partial charge is 0.317 e. The van der Waals surface area contributed by atoms with E-state index < -0.39 is 0 Å². The van der Waals surface area contributed by atoms with Crippen molar-refractivity contribution in [1.29, 1.82) is 0 Å². The summed E-state index contributed by atoms with van der Waals surface area (Å²) in [5, 5.41) is 3.44. The van der Waals surface area contributed by atoms with Gasteiger partial charge in [0, 0.05) is 5.92 Å². The number of benzene rings is 1. The molecule has 0 saturated carbocycles. The second-order valence-electron chi connectivity index (χ2n) is 5.02. The number of nitrogens with one attached hydrogen (secondary N) is 1. The van der Waals surface area contributed by atoms with Gasteiger partial charge >= 0.3 is 0 Å². The van der Waals surface area contributed by atoms with Crippen molar-refractivity contribution in [2.24, 2.45) is 5.92 Å². The van der Waals surface area contributed by atoms with Crippen LogP contribution in [-0.2, 0) is 0 Å². The molecule has 84 valence electrons. The minimum absolute atomic E-state index is 0.680. The highest BCUT2D eigenvalue weighted by Crippen LogP contribution is 2.36. The predicted molar refractivity (Wildman–Crippen MR) is 68.4 cm³/mol. The summed E-state index contributed by atoms with van der Waals surface area (Å²) in [6.45, 7) is 2.42. The van der Waals surface area contributed by atoms with Crippen LogP contribution in [0.3, 0.4) is 0 Å². The van der Waals surface area contributed by atoms with Crippen LogP contribution >= 0.6 is 0 Å². The average Bonchev–Trinajstić information content (AvgIpc) is 2.74. The third-order valence-electron chi connectivity index (χ3n) is 3.95. The Morgan fingerprint density at radius 1 is 1.12 bits per heavy atom. The van der Waals surface area contributed by atoms with Crippen molar-refractivity contribution in [2.75, 3.05) is 13.1 Å². The van der Waals surface area contributed by atoms with Crippen molar-refractivity contribution in [3.05, 3.63) is 41.5 Å². The zero-order valence-electron chi connectivity index (χ0n) is 9.65. The summed E-state index contributed by atoms with van der Waals surface area (Å²) in [5.74, 6) is 1.60. The Morgan fingerprint density at radius 3 is 2.81 bits per heavy atom. The lowest BCUT2D eigenvalue weighted by molar-refractivity contribution is 0.345. The van der Waals surface area contributed by atoms with E-state index in [4.69, 9.17) is 0 Å². The van der Waals surface area contributed by atoms with Crippen LogP contribution in [0.25, 0.3) is 6.08 Å². The van der Waals surface area contributed by atoms with Gasteiger partial charge in [0.2, 0.25) is 0 Å². The molecule has 1 fully saturated rings. The molecule has 2 aliphatic rings. The molecule has 0 amide bonds. The van der Waals surface area contributed by atoms with Crippen LogP contribution < -0.4 is 5.32 Å². The SMILES string of the molecule is C1=CC(CC2CCNCC2)c2ccccc21. The molecule has 0 aromatic heterocycles. The molecule has 1 N–H and O–H groups in total. The first-order valence-corrected chi connectivity index (χ1v) is 6.41. The van der Waals surface area contributed by atoms with Gasteiger partial charge in [0.25, 0.3) is 0 Å². The minimum Gasteiger partial charge on any atom is -0.317 e. The summed E-state index contributed by atoms with van der Waals surface area (Å²) in [6, 6.07) is 8.83. The van der Waals surface area contributed by atoms with E-state index in [-0.39, 0.29) is 0 Å². The van der Waals surface area contributed by atoms with Crippen LogP contribution in [0.2, 0.25) is 0 Å². The molecule has 1 aliphatic heterocycles. The smallest absolute Gasteiger partial charge is 0.00298 e. The zero-order valence-corrected chi connectivity index (χ0v) is 9.65. The van der Waals surface area contributed by atoms with Crippen molar-refractivity contribution in [1.82, 2.24) is 5.32 Å². The van der Waals surface area contributed by atoms with Gasteiger partial charge in [-0.15, -0.1) is 0 Å². The van der Waals surface area contributed by atoms with E-state index in [0.29, 0.717) is 5.92 Å². The number of allylic oxidation sites excluding steroid dienone is 1. The van der Waals surface area contributed by atoms with Gasteiger partial charge in [0.05, 0.1) is 0 Å². The first-order valence-electron chi connectivity index (χ1n) is 6.41. The second-order valence-corrected chi connectivity index (χ2v) is 5.02. The second kappa shape index (κ2) is 4.42. The van der Waals surface area contributed by atoms with E-state index in [9.17, 15) is 0 Å². The number of piperidine rings is 1. The highest BCUT2D eigenvalue weighted by atomic mass is 14.9. The maximum Gasteiger partial charge on any atom is 0.00298 e. The van der Waals surface area contributed by atoms with Gasteiger partial charge in [-0.25, -0.2) is 0 Å². The molecule has 1 aliphatic carbocycles. The third kappa shape index (κ3) is 1.92. The Bertz CT molecular complexity index is 388. The Labute approximate surface area is 97.6 Å². The molecule has 1 nitrogen and oxygen atoms in total. The quantitative estimate of drug-likeness (QED) is 0.795. The molecular weight excluding hydrogens is 194 g/mol. The van der Waals surface area contributed by atoms with Crippen molar-refractivity contribution >= 4 is 6.08 Å². The molecule has 0 bridgehead atoms. The summed E-state index contributed by atoms with van der Waals surface area (Å²) in [4.78, 5) is 0. The predicted octanol–water partition coefficient (Wildman–Crippen LogP) is 3.19. The average molecular weight is 213 g/mol. The standard InChI is InChI=1S/C15H19N/c1-2-4-15-13(3-1)5-6-14(15)11-12-7-9-16-10-8-12/h1-6,12,14,16H,7-11H2. The van der Waals surface area contributed by atoms with E-state index in [1.165, 1.54) is 37.9 Å². The van der Waals surface area contributed by atoms with Gasteiger partial charge in [-0.1, -0.05) is 36.4 Å². The Morgan fingerprint density at radius 2 is 1.94 bits per heavy atom. The summed E-state index contributed by atoms with van der Waals surface area (Å²) < 4.78 is 0. The van der Waals surface area contributed by atoms with E-state index in [1.807, 2.05) is 0 Å². The lowest BCUT2D eigenvalue weighted by Gasteiger charge is -2.25. The topological polar surface area (TPSA) is 12.0 Å². The van der Waals surface area contributed by atoms with Gasteiger partial charge in [-0.05, 0) is 49.4 Å². The highest BCUT2D eigenvalue weighted by Gasteiger charge is 2.22. The van der Waals surface area contributed by atoms with E-state index >= 15 is 0 Å². The molecule has 1 aromatic rings. The fraction of sp³-hybridized carbons (Fsp3) is 0.467. The minimum atomic E-state index is 0.680. The molecule has 16 heavy (non-hydrogen) atoms. The van der Waals surface area contributed by atoms with Crippen LogP contribution in [0.5, 0.6) is 0 Å². The Balaban J connectivity index is 1.70. The number of rotatable bonds is 2. The first-order chi connectivity index (χ1) is 7.93. The number of fused-ring (bicyclic) bond motifs is 1. The van der Waals surface area contributed by atoms with Crippen molar-refractivity contribution < 1.29 is 0 Å². The molecule has 0 spiro atoms. The van der Waals surface area contributed by atoms with E-state index in [2.05, 4.69) is 41.7 Å². The first kappa shape index (κ1) is 10.1. The maximum absolute atomic E-state index is 3.44. The molecule has 1 atom stereocenters. The molecule has 1 aromatic carbocycles. The third-order valence-corrected chi connectivity index (χ3v) is 3.95. The van der Waals surface area contributed by atoms with Gasteiger partial charge in [-0.2, -0.15) is 0 Å². The van der Waals surface area contributed by atoms with Crippen molar-refractivity contribution in [3.63, 3.8) is 0 Å². The number of hydrogen-bond donors (Lipinski definition) is 1. The van der Waals surface area contributed by atoms with Crippen LogP contribution in [0.15, 0.2) is 30.3 Å². The van der Waals surface area contributed by atoms with Gasteiger partial charge in [0.1, 0.15) is 0 Å². The molecular formula is C15H19N. The molecule has 1 saturated heterocycles. The summed E-state index contributed by atoms with van der Waals surface area (Å²) in [5.41, 5.74) is 2.97. The van der Waals surface area contributed by atoms with Crippen LogP contribution in [0.1, 0.15) is 36.3 Å². The van der Waals surface area contributed by atoms with Gasteiger partial charge in [-0.3, -0.25) is 0 Å². The molecule has 3 rings (SSSR count). The summed E-state index contributed by atoms with van der Waals surface area (Å²) >= 11 is 0. The lowest BCUT2D eigenvalue weighted by Crippen LogP contribution is -2.28. The maximum atomic E-state index is 3.44. The van der Waals surface area contributed by atoms with Crippen molar-refractivity contribution in [3.8, 4) is 0 Å². The van der Waals surface area contributed by atoms with E-state index in [1.54, 1.807) is 5.56 Å². The Kier molecular flexibility index (Phi) is 2.79. The lowest BCUT2D eigenvalue weighted by atomic mass is 9.85.